The molecular formula is C19H15ClN4. The Labute approximate surface area is 144 Å². The van der Waals surface area contributed by atoms with Crippen molar-refractivity contribution in [2.75, 3.05) is 0 Å². The average Bonchev–Trinajstić information content (AvgIpc) is 2.95. The number of hydrogen-bond acceptors (Lipinski definition) is 3. The van der Waals surface area contributed by atoms with Gasteiger partial charge in [0.1, 0.15) is 11.4 Å². The molecule has 24 heavy (non-hydrogen) atoms. The van der Waals surface area contributed by atoms with Crippen molar-refractivity contribution in [3.63, 3.8) is 0 Å². The summed E-state index contributed by atoms with van der Waals surface area (Å²) in [6.45, 7) is 2.05. The number of hydrogen-bond donors (Lipinski definition) is 0. The quantitative estimate of drug-likeness (QED) is 0.535. The zero-order valence-electron chi connectivity index (χ0n) is 13.4. The van der Waals surface area contributed by atoms with Gasteiger partial charge >= 0.3 is 0 Å². The van der Waals surface area contributed by atoms with Crippen molar-refractivity contribution in [2.24, 2.45) is 7.05 Å². The minimum Gasteiger partial charge on any atom is -0.248 e. The zero-order valence-corrected chi connectivity index (χ0v) is 14.1. The highest BCUT2D eigenvalue weighted by atomic mass is 35.5. The second-order valence-electron chi connectivity index (χ2n) is 5.77. The maximum atomic E-state index is 6.73. The number of benzene rings is 2. The maximum Gasteiger partial charge on any atom is 0.182 e. The van der Waals surface area contributed by atoms with Gasteiger partial charge in [0.2, 0.25) is 0 Å². The van der Waals surface area contributed by atoms with Gasteiger partial charge in [0, 0.05) is 18.2 Å². The number of aromatic nitrogens is 4. The Morgan fingerprint density at radius 1 is 0.833 bits per heavy atom. The van der Waals surface area contributed by atoms with E-state index in [-0.39, 0.29) is 0 Å². The Kier molecular flexibility index (Phi) is 3.54. The average molecular weight is 335 g/mol. The molecule has 0 aliphatic rings. The van der Waals surface area contributed by atoms with Gasteiger partial charge in [-0.3, -0.25) is 0 Å². The molecule has 0 saturated carbocycles. The van der Waals surface area contributed by atoms with Gasteiger partial charge in [0.05, 0.1) is 10.4 Å². The highest BCUT2D eigenvalue weighted by Gasteiger charge is 2.19. The largest absolute Gasteiger partial charge is 0.248 e. The maximum absolute atomic E-state index is 6.73. The standard InChI is InChI=1S/C19H15ClN4/c1-12-8-10-14(11-9-12)18-16(20)15-17(13-6-4-3-5-7-13)23-24(2)19(15)22-21-18/h3-11H,1-2H3. The summed E-state index contributed by atoms with van der Waals surface area (Å²) in [7, 11) is 1.85. The molecule has 4 rings (SSSR count). The lowest BCUT2D eigenvalue weighted by atomic mass is 10.1. The van der Waals surface area contributed by atoms with Gasteiger partial charge in [-0.1, -0.05) is 71.8 Å². The van der Waals surface area contributed by atoms with Gasteiger partial charge < -0.3 is 0 Å². The van der Waals surface area contributed by atoms with Gasteiger partial charge in [-0.2, -0.15) is 5.10 Å². The van der Waals surface area contributed by atoms with Crippen molar-refractivity contribution < 1.29 is 0 Å². The summed E-state index contributed by atoms with van der Waals surface area (Å²) in [4.78, 5) is 0. The molecule has 0 saturated heterocycles. The fourth-order valence-electron chi connectivity index (χ4n) is 2.79. The molecule has 0 atom stereocenters. The van der Waals surface area contributed by atoms with Gasteiger partial charge in [-0.05, 0) is 6.92 Å². The smallest absolute Gasteiger partial charge is 0.182 e. The van der Waals surface area contributed by atoms with Crippen molar-refractivity contribution in [2.45, 2.75) is 6.92 Å². The first-order valence-electron chi connectivity index (χ1n) is 7.66. The predicted molar refractivity (Wildman–Crippen MR) is 96.9 cm³/mol. The Hall–Kier alpha value is -2.72. The van der Waals surface area contributed by atoms with Crippen LogP contribution < -0.4 is 0 Å². The molecule has 0 aliphatic carbocycles. The Morgan fingerprint density at radius 2 is 1.50 bits per heavy atom. The number of aryl methyl sites for hydroxylation is 2. The van der Waals surface area contributed by atoms with E-state index in [1.54, 1.807) is 4.68 Å². The molecule has 0 N–H and O–H groups in total. The molecular weight excluding hydrogens is 320 g/mol. The van der Waals surface area contributed by atoms with E-state index in [0.717, 1.165) is 22.2 Å². The molecule has 0 unspecified atom stereocenters. The fraction of sp³-hybridized carbons (Fsp3) is 0.105. The molecule has 5 heteroatoms. The van der Waals surface area contributed by atoms with E-state index in [9.17, 15) is 0 Å². The molecule has 0 fully saturated rings. The highest BCUT2D eigenvalue weighted by Crippen LogP contribution is 2.36. The first-order chi connectivity index (χ1) is 11.6. The van der Waals surface area contributed by atoms with E-state index < -0.39 is 0 Å². The minimum absolute atomic E-state index is 0.579. The lowest BCUT2D eigenvalue weighted by Crippen LogP contribution is -1.95. The van der Waals surface area contributed by atoms with Crippen molar-refractivity contribution in [3.05, 3.63) is 65.2 Å². The summed E-state index contributed by atoms with van der Waals surface area (Å²) in [5.74, 6) is 0. The summed E-state index contributed by atoms with van der Waals surface area (Å²) < 4.78 is 1.72. The van der Waals surface area contributed by atoms with E-state index in [1.807, 2.05) is 61.6 Å². The number of nitrogens with zero attached hydrogens (tertiary/aromatic N) is 4. The van der Waals surface area contributed by atoms with Crippen molar-refractivity contribution in [1.82, 2.24) is 20.0 Å². The number of rotatable bonds is 2. The second-order valence-corrected chi connectivity index (χ2v) is 6.14. The van der Waals surface area contributed by atoms with Crippen LogP contribution in [-0.4, -0.2) is 20.0 Å². The van der Waals surface area contributed by atoms with E-state index in [2.05, 4.69) is 22.2 Å². The third-order valence-corrected chi connectivity index (χ3v) is 4.43. The summed E-state index contributed by atoms with van der Waals surface area (Å²) in [6.07, 6.45) is 0. The van der Waals surface area contributed by atoms with Crippen LogP contribution in [0, 0.1) is 6.92 Å². The molecule has 0 bridgehead atoms. The lowest BCUT2D eigenvalue weighted by molar-refractivity contribution is 0.781. The van der Waals surface area contributed by atoms with Crippen LogP contribution in [0.25, 0.3) is 33.5 Å². The van der Waals surface area contributed by atoms with E-state index in [0.29, 0.717) is 16.4 Å². The summed E-state index contributed by atoms with van der Waals surface area (Å²) in [5, 5.41) is 14.7. The summed E-state index contributed by atoms with van der Waals surface area (Å²) >= 11 is 6.73. The van der Waals surface area contributed by atoms with Crippen LogP contribution in [0.5, 0.6) is 0 Å². The first kappa shape index (κ1) is 14.8. The van der Waals surface area contributed by atoms with Crippen molar-refractivity contribution >= 4 is 22.6 Å². The van der Waals surface area contributed by atoms with Crippen LogP contribution in [0.1, 0.15) is 5.56 Å². The Morgan fingerprint density at radius 3 is 2.21 bits per heavy atom. The predicted octanol–water partition coefficient (Wildman–Crippen LogP) is 4.66. The molecule has 0 aliphatic heterocycles. The SMILES string of the molecule is Cc1ccc(-c2nnc3c(c(-c4ccccc4)nn3C)c2Cl)cc1. The Bertz CT molecular complexity index is 1020. The van der Waals surface area contributed by atoms with Gasteiger partial charge in [0.15, 0.2) is 5.65 Å². The van der Waals surface area contributed by atoms with Crippen LogP contribution in [0.4, 0.5) is 0 Å². The lowest BCUT2D eigenvalue weighted by Gasteiger charge is -2.05. The van der Waals surface area contributed by atoms with Gasteiger partial charge in [0.25, 0.3) is 0 Å². The summed E-state index contributed by atoms with van der Waals surface area (Å²) in [6, 6.07) is 18.1. The van der Waals surface area contributed by atoms with Crippen LogP contribution in [0.2, 0.25) is 5.02 Å². The fourth-order valence-corrected chi connectivity index (χ4v) is 3.11. The summed E-state index contributed by atoms with van der Waals surface area (Å²) in [5.41, 5.74) is 5.32. The molecule has 2 heterocycles. The molecule has 2 aromatic carbocycles. The molecule has 0 radical (unpaired) electrons. The minimum atomic E-state index is 0.579. The molecule has 118 valence electrons. The molecule has 2 aromatic heterocycles. The number of halogens is 1. The molecule has 0 spiro atoms. The third-order valence-electron chi connectivity index (χ3n) is 4.06. The third kappa shape index (κ3) is 2.36. The normalized spacial score (nSPS) is 11.1. The van der Waals surface area contributed by atoms with Crippen LogP contribution in [0.15, 0.2) is 54.6 Å². The van der Waals surface area contributed by atoms with E-state index in [4.69, 9.17) is 11.6 Å². The monoisotopic (exact) mass is 334 g/mol. The number of fused-ring (bicyclic) bond motifs is 1. The Balaban J connectivity index is 2.00. The van der Waals surface area contributed by atoms with E-state index >= 15 is 0 Å². The van der Waals surface area contributed by atoms with Gasteiger partial charge in [-0.25, -0.2) is 4.68 Å². The topological polar surface area (TPSA) is 43.6 Å². The highest BCUT2D eigenvalue weighted by molar-refractivity contribution is 6.38. The molecule has 4 nitrogen and oxygen atoms in total. The first-order valence-corrected chi connectivity index (χ1v) is 8.04. The van der Waals surface area contributed by atoms with Crippen LogP contribution in [-0.2, 0) is 7.05 Å². The van der Waals surface area contributed by atoms with E-state index in [1.165, 1.54) is 5.56 Å². The van der Waals surface area contributed by atoms with Crippen molar-refractivity contribution in [3.8, 4) is 22.5 Å². The van der Waals surface area contributed by atoms with Crippen molar-refractivity contribution in [1.29, 1.82) is 0 Å². The molecule has 4 aromatic rings. The van der Waals surface area contributed by atoms with Crippen LogP contribution >= 0.6 is 11.6 Å². The van der Waals surface area contributed by atoms with Gasteiger partial charge in [-0.15, -0.1) is 10.2 Å². The molecule has 0 amide bonds. The second kappa shape index (κ2) is 5.73. The zero-order chi connectivity index (χ0) is 16.7. The van der Waals surface area contributed by atoms with Crippen LogP contribution in [0.3, 0.4) is 0 Å².